The number of hydrogen-bond donors (Lipinski definition) is 0. The second-order valence-corrected chi connectivity index (χ2v) is 13.1. The van der Waals surface area contributed by atoms with Crippen LogP contribution in [0.3, 0.4) is 0 Å². The third-order valence-corrected chi connectivity index (χ3v) is 9.72. The summed E-state index contributed by atoms with van der Waals surface area (Å²) in [6, 6.07) is 50.5. The van der Waals surface area contributed by atoms with E-state index < -0.39 is 12.1 Å². The Morgan fingerprint density at radius 1 is 0.345 bits per heavy atom. The quantitative estimate of drug-likeness (QED) is 0.165. The fourth-order valence-corrected chi connectivity index (χ4v) is 6.95. The largest absolute Gasteiger partial charge is 0.309 e. The fraction of sp³-hybridized carbons (Fsp3) is 0. The van der Waals surface area contributed by atoms with Crippen LogP contribution in [0.5, 0.6) is 0 Å². The Morgan fingerprint density at radius 2 is 0.782 bits per heavy atom. The fourth-order valence-electron chi connectivity index (χ4n) is 6.95. The van der Waals surface area contributed by atoms with Crippen LogP contribution in [-0.4, -0.2) is 19.5 Å². The molecule has 258 valence electrons. The van der Waals surface area contributed by atoms with Crippen molar-refractivity contribution in [1.82, 2.24) is 19.5 Å². The van der Waals surface area contributed by atoms with Crippen molar-refractivity contribution in [1.29, 1.82) is 0 Å². The van der Waals surface area contributed by atoms with Gasteiger partial charge in [-0.2, -0.15) is 0 Å². The Kier molecular flexibility index (Phi) is 6.43. The van der Waals surface area contributed by atoms with Crippen molar-refractivity contribution < 1.29 is 9.60 Å². The van der Waals surface area contributed by atoms with E-state index in [9.17, 15) is 4.11 Å². The van der Waals surface area contributed by atoms with Crippen molar-refractivity contribution in [2.24, 2.45) is 0 Å². The first kappa shape index (κ1) is 25.5. The van der Waals surface area contributed by atoms with E-state index in [-0.39, 0.29) is 57.6 Å². The number of fused-ring (bicyclic) bond motifs is 3. The molecule has 10 aromatic rings. The van der Waals surface area contributed by atoms with E-state index in [1.807, 2.05) is 164 Å². The Morgan fingerprint density at radius 3 is 1.38 bits per heavy atom. The molecule has 0 radical (unpaired) electrons. The van der Waals surface area contributed by atoms with Gasteiger partial charge in [0.1, 0.15) is 0 Å². The molecule has 4 nitrogen and oxygen atoms in total. The van der Waals surface area contributed by atoms with Crippen molar-refractivity contribution >= 4 is 21.8 Å². The van der Waals surface area contributed by atoms with Gasteiger partial charge in [-0.25, -0.2) is 15.0 Å². The first-order chi connectivity index (χ1) is 30.2. The Labute approximate surface area is 329 Å². The lowest BCUT2D eigenvalue weighted by Gasteiger charge is -2.11. The van der Waals surface area contributed by atoms with Crippen molar-refractivity contribution in [2.45, 2.75) is 0 Å². The maximum Gasteiger partial charge on any atom is 0.164 e. The van der Waals surface area contributed by atoms with Crippen LogP contribution < -0.4 is 0 Å². The van der Waals surface area contributed by atoms with Crippen LogP contribution in [0, 0.1) is 0 Å². The number of para-hydroxylation sites is 1. The SMILES string of the molecule is [2H]c1c([2H])c([2H])c2c(c1[2H])c1c([2H])c([2H])c(-c3cccc(-c4ccccc4)c3)c([2H])c1n2-c1ccc(-c2ccc(-c3nc(-c4ccccc4)nc(-c4ccccc4)n3)cc2)cc1. The third kappa shape index (κ3) is 6.16. The molecule has 0 saturated carbocycles. The van der Waals surface area contributed by atoms with Crippen LogP contribution in [-0.2, 0) is 0 Å². The topological polar surface area (TPSA) is 43.6 Å². The van der Waals surface area contributed by atoms with Gasteiger partial charge in [-0.15, -0.1) is 0 Å². The van der Waals surface area contributed by atoms with Crippen LogP contribution in [0.4, 0.5) is 0 Å². The molecular formula is C51H34N4. The molecular weight excluding hydrogens is 669 g/mol. The summed E-state index contributed by atoms with van der Waals surface area (Å²) in [5.74, 6) is 1.69. The highest BCUT2D eigenvalue weighted by atomic mass is 15.0. The Balaban J connectivity index is 1.09. The molecule has 0 fully saturated rings. The summed E-state index contributed by atoms with van der Waals surface area (Å²) in [5.41, 5.74) is 7.96. The van der Waals surface area contributed by atoms with Gasteiger partial charge < -0.3 is 4.57 Å². The van der Waals surface area contributed by atoms with Crippen molar-refractivity contribution in [3.63, 3.8) is 0 Å². The van der Waals surface area contributed by atoms with Gasteiger partial charge in [-0.1, -0.05) is 176 Å². The van der Waals surface area contributed by atoms with Gasteiger partial charge in [0.25, 0.3) is 0 Å². The molecule has 0 atom stereocenters. The summed E-state index contributed by atoms with van der Waals surface area (Å²) in [4.78, 5) is 14.5. The lowest BCUT2D eigenvalue weighted by Crippen LogP contribution is -2.00. The minimum Gasteiger partial charge on any atom is -0.309 e. The second kappa shape index (κ2) is 13.8. The summed E-state index contributed by atoms with van der Waals surface area (Å²) in [7, 11) is 0. The minimum atomic E-state index is -0.442. The summed E-state index contributed by atoms with van der Waals surface area (Å²) >= 11 is 0. The van der Waals surface area contributed by atoms with Gasteiger partial charge in [0.15, 0.2) is 17.5 Å². The molecule has 0 bridgehead atoms. The molecule has 2 aromatic heterocycles. The van der Waals surface area contributed by atoms with Crippen molar-refractivity contribution in [3.8, 4) is 73.2 Å². The first-order valence-electron chi connectivity index (χ1n) is 21.5. The highest BCUT2D eigenvalue weighted by molar-refractivity contribution is 6.10. The lowest BCUT2D eigenvalue weighted by molar-refractivity contribution is 1.07. The average molecular weight is 710 g/mol. The summed E-state index contributed by atoms with van der Waals surface area (Å²) < 4.78 is 65.1. The number of aromatic nitrogens is 4. The second-order valence-electron chi connectivity index (χ2n) is 13.1. The molecule has 10 rings (SSSR count). The zero-order valence-corrected chi connectivity index (χ0v) is 29.4. The standard InChI is InChI=1S/C51H34N4/c1-4-13-35(14-5-1)41-19-12-20-42(33-41)43-29-32-46-45-21-10-11-22-47(45)55(48(46)34-43)44-30-27-37(28-31-44)36-23-25-40(26-24-36)51-53-49(38-15-6-2-7-16-38)52-50(54-51)39-17-8-3-9-18-39/h1-34H/i10D,11D,21D,22D,29D,32D,34D. The molecule has 2 heterocycles. The molecule has 0 spiro atoms. The lowest BCUT2D eigenvalue weighted by atomic mass is 9.98. The smallest absolute Gasteiger partial charge is 0.164 e. The highest BCUT2D eigenvalue weighted by Crippen LogP contribution is 2.36. The summed E-state index contributed by atoms with van der Waals surface area (Å²) in [6.07, 6.45) is 0. The maximum atomic E-state index is 9.70. The van der Waals surface area contributed by atoms with Crippen LogP contribution >= 0.6 is 0 Å². The average Bonchev–Trinajstić information content (AvgIpc) is 3.70. The minimum absolute atomic E-state index is 0.0527. The highest BCUT2D eigenvalue weighted by Gasteiger charge is 2.15. The van der Waals surface area contributed by atoms with Crippen LogP contribution in [0.2, 0.25) is 0 Å². The zero-order chi connectivity index (χ0) is 42.6. The van der Waals surface area contributed by atoms with E-state index in [0.717, 1.165) is 38.9 Å². The van der Waals surface area contributed by atoms with E-state index in [0.29, 0.717) is 28.7 Å². The number of hydrogen-bond acceptors (Lipinski definition) is 3. The van der Waals surface area contributed by atoms with Gasteiger partial charge in [0, 0.05) is 33.2 Å². The first-order valence-corrected chi connectivity index (χ1v) is 18.0. The maximum absolute atomic E-state index is 9.70. The molecule has 0 unspecified atom stereocenters. The van der Waals surface area contributed by atoms with E-state index in [1.54, 1.807) is 4.57 Å². The van der Waals surface area contributed by atoms with Crippen LogP contribution in [0.25, 0.3) is 95.0 Å². The van der Waals surface area contributed by atoms with E-state index >= 15 is 0 Å². The molecule has 0 N–H and O–H groups in total. The van der Waals surface area contributed by atoms with E-state index in [4.69, 9.17) is 20.4 Å². The molecule has 0 saturated heterocycles. The van der Waals surface area contributed by atoms with Gasteiger partial charge in [0.2, 0.25) is 0 Å². The Hall–Kier alpha value is -7.43. The number of nitrogens with zero attached hydrogens (tertiary/aromatic N) is 4. The third-order valence-electron chi connectivity index (χ3n) is 9.72. The summed E-state index contributed by atoms with van der Waals surface area (Å²) in [5, 5.41) is 0.236. The molecule has 0 aliphatic rings. The number of rotatable bonds is 7. The van der Waals surface area contributed by atoms with Crippen LogP contribution in [0.1, 0.15) is 9.60 Å². The van der Waals surface area contributed by atoms with Gasteiger partial charge in [-0.05, 0) is 63.7 Å². The number of benzene rings is 8. The van der Waals surface area contributed by atoms with E-state index in [2.05, 4.69) is 0 Å². The predicted octanol–water partition coefficient (Wildman–Crippen LogP) is 13.0. The van der Waals surface area contributed by atoms with Crippen molar-refractivity contribution in [2.75, 3.05) is 0 Å². The molecule has 0 aliphatic carbocycles. The van der Waals surface area contributed by atoms with Gasteiger partial charge >= 0.3 is 0 Å². The molecule has 0 aliphatic heterocycles. The zero-order valence-electron chi connectivity index (χ0n) is 36.4. The van der Waals surface area contributed by atoms with Gasteiger partial charge in [-0.3, -0.25) is 0 Å². The predicted molar refractivity (Wildman–Crippen MR) is 227 cm³/mol. The summed E-state index contributed by atoms with van der Waals surface area (Å²) in [6.45, 7) is 0. The normalized spacial score (nSPS) is 13.1. The van der Waals surface area contributed by atoms with Gasteiger partial charge in [0.05, 0.1) is 20.6 Å². The monoisotopic (exact) mass is 709 g/mol. The molecule has 55 heavy (non-hydrogen) atoms. The molecule has 8 aromatic carbocycles. The van der Waals surface area contributed by atoms with Crippen molar-refractivity contribution in [3.05, 3.63) is 206 Å². The van der Waals surface area contributed by atoms with E-state index in [1.165, 1.54) is 0 Å². The van der Waals surface area contributed by atoms with Crippen LogP contribution in [0.15, 0.2) is 206 Å². The molecule has 0 amide bonds. The molecule has 4 heteroatoms. The Bertz CT molecular complexity index is 3280.